The molecule has 0 aliphatic rings. The van der Waals surface area contributed by atoms with Crippen LogP contribution in [0, 0.1) is 0 Å². The van der Waals surface area contributed by atoms with E-state index in [2.05, 4.69) is 63.5 Å². The fourth-order valence-electron chi connectivity index (χ4n) is 13.0. The molecule has 0 spiro atoms. The summed E-state index contributed by atoms with van der Waals surface area (Å²) in [6.45, 7) is 1.79. The van der Waals surface area contributed by atoms with Gasteiger partial charge in [0.15, 0.2) is 16.1 Å². The number of aromatic nitrogens is 9. The van der Waals surface area contributed by atoms with Gasteiger partial charge in [-0.25, -0.2) is 4.98 Å². The second kappa shape index (κ2) is 43.9. The number of anilines is 7. The maximum absolute atomic E-state index is 14.2. The number of ketones is 1. The minimum atomic E-state index is -0.598. The van der Waals surface area contributed by atoms with Crippen molar-refractivity contribution in [3.63, 3.8) is 0 Å². The van der Waals surface area contributed by atoms with E-state index < -0.39 is 53.2 Å². The normalized spacial score (nSPS) is 11.1. The van der Waals surface area contributed by atoms with Crippen molar-refractivity contribution < 1.29 is 67.1 Å². The number of thioether (sulfide) groups is 2. The largest absolute Gasteiger partial charge is 0.356 e. The molecule has 10 aromatic rings. The molecule has 0 saturated heterocycles. The lowest BCUT2D eigenvalue weighted by molar-refractivity contribution is -0.123. The third kappa shape index (κ3) is 27.0. The van der Waals surface area contributed by atoms with Crippen molar-refractivity contribution in [1.29, 1.82) is 0 Å². The Hall–Kier alpha value is -13.6. The Morgan fingerprint density at radius 1 is 0.336 bits per heavy atom. The number of amides is 11. The molecule has 0 radical (unpaired) electrons. The molecule has 0 saturated carbocycles. The Balaban J connectivity index is 0.699. The van der Waals surface area contributed by atoms with Crippen LogP contribution in [-0.4, -0.2) is 174 Å². The van der Waals surface area contributed by atoms with E-state index in [1.54, 1.807) is 104 Å². The lowest BCUT2D eigenvalue weighted by atomic mass is 10.1. The van der Waals surface area contributed by atoms with E-state index in [1.807, 2.05) is 79.7 Å². The molecule has 122 heavy (non-hydrogen) atoms. The number of nitrogens with one attached hydrogen (secondary N) is 11. The second-order valence-electron chi connectivity index (χ2n) is 29.4. The van der Waals surface area contributed by atoms with E-state index in [-0.39, 0.29) is 180 Å². The number of aryl methyl sites for hydroxylation is 8. The summed E-state index contributed by atoms with van der Waals surface area (Å²) < 4.78 is 12.4. The molecule has 10 rings (SSSR count). The van der Waals surface area contributed by atoms with Crippen LogP contribution in [0.4, 0.5) is 39.8 Å². The smallest absolute Gasteiger partial charge is 0.291 e. The third-order valence-corrected chi connectivity index (χ3v) is 21.3. The van der Waals surface area contributed by atoms with Crippen molar-refractivity contribution in [3.05, 3.63) is 216 Å². The summed E-state index contributed by atoms with van der Waals surface area (Å²) >= 11 is 2.30. The van der Waals surface area contributed by atoms with E-state index in [9.17, 15) is 67.1 Å². The summed E-state index contributed by atoms with van der Waals surface area (Å²) in [6, 6.07) is 29.4. The number of rotatable bonds is 44. The summed E-state index contributed by atoms with van der Waals surface area (Å²) in [7, 11) is 13.6. The zero-order chi connectivity index (χ0) is 87.5. The van der Waals surface area contributed by atoms with Crippen LogP contribution in [0.1, 0.15) is 166 Å². The van der Waals surface area contributed by atoms with Crippen LogP contribution in [0.15, 0.2) is 159 Å². The highest BCUT2D eigenvalue weighted by Crippen LogP contribution is 2.26. The topological polar surface area (TPSA) is 427 Å². The van der Waals surface area contributed by atoms with Crippen LogP contribution in [0.3, 0.4) is 0 Å². The van der Waals surface area contributed by atoms with Crippen molar-refractivity contribution in [2.24, 2.45) is 42.3 Å². The van der Waals surface area contributed by atoms with Gasteiger partial charge in [0.1, 0.15) is 45.6 Å². The number of hydrogen-bond acceptors (Lipinski definition) is 18. The van der Waals surface area contributed by atoms with Crippen LogP contribution in [0.5, 0.6) is 0 Å². The Morgan fingerprint density at radius 3 is 1.08 bits per heavy atom. The fourth-order valence-corrected chi connectivity index (χ4v) is 14.6. The van der Waals surface area contributed by atoms with Gasteiger partial charge in [0.2, 0.25) is 17.7 Å². The predicted octanol–water partition coefficient (Wildman–Crippen LogP) is 8.90. The molecular weight excluding hydrogens is 1600 g/mol. The Labute approximate surface area is 712 Å². The number of Topliss-reactive ketones (excluding diaryl/α,β-unsaturated/α-hetero) is 1. The van der Waals surface area contributed by atoms with Gasteiger partial charge in [-0.05, 0) is 99.9 Å². The first kappa shape index (κ1) is 90.8. The van der Waals surface area contributed by atoms with Crippen LogP contribution in [0.25, 0.3) is 0 Å². The predicted molar refractivity (Wildman–Crippen MR) is 466 cm³/mol. The minimum absolute atomic E-state index is 0.000151. The molecule has 35 nitrogen and oxygen atoms in total. The van der Waals surface area contributed by atoms with Gasteiger partial charge in [0, 0.05) is 194 Å². The Bertz CT molecular complexity index is 5460. The quantitative estimate of drug-likeness (QED) is 0.0159. The van der Waals surface area contributed by atoms with Gasteiger partial charge in [0.25, 0.3) is 47.3 Å². The third-order valence-electron chi connectivity index (χ3n) is 19.3. The molecule has 0 aliphatic carbocycles. The SMILES string of the molecule is CN(C)CCCC(=O)CCNC(=O)c1cc(NC(=O)c2cc(NC(=O)c3cc(NC(=O)c4cc(NC(=O)CCCNC(=O)c5cc(NC(=O)c6cc(NC(=O)c7cc(NC(=O)c8nccn8C)cn7C)cn6CCCNC(=O)CCC(=O)SCc6ccccc6)cn5C)cn4C)cn3C)cn2CCCNC(=O)CCC(=O)SCc2ccccc2)cn1C. The lowest BCUT2D eigenvalue weighted by Crippen LogP contribution is -2.27. The van der Waals surface area contributed by atoms with Gasteiger partial charge in [-0.3, -0.25) is 67.1 Å². The summed E-state index contributed by atoms with van der Waals surface area (Å²) in [5.41, 5.74) is 5.05. The molecule has 8 heterocycles. The van der Waals surface area contributed by atoms with Gasteiger partial charge in [-0.1, -0.05) is 84.2 Å². The molecule has 642 valence electrons. The number of hydrogen-bond donors (Lipinski definition) is 11. The summed E-state index contributed by atoms with van der Waals surface area (Å²) in [5, 5.41) is 30.7. The molecule has 8 aromatic heterocycles. The zero-order valence-corrected chi connectivity index (χ0v) is 70.8. The van der Waals surface area contributed by atoms with Crippen LogP contribution < -0.4 is 58.5 Å². The number of imidazole rings is 1. The van der Waals surface area contributed by atoms with Gasteiger partial charge >= 0.3 is 0 Å². The molecule has 0 aliphatic heterocycles. The minimum Gasteiger partial charge on any atom is -0.356 e. The molecule has 11 N–H and O–H groups in total. The van der Waals surface area contributed by atoms with Crippen LogP contribution >= 0.6 is 23.5 Å². The van der Waals surface area contributed by atoms with Crippen molar-refractivity contribution in [2.45, 2.75) is 95.2 Å². The highest BCUT2D eigenvalue weighted by molar-refractivity contribution is 8.13. The first-order valence-corrected chi connectivity index (χ1v) is 41.5. The molecule has 11 amide bonds. The average molecular weight is 1710 g/mol. The van der Waals surface area contributed by atoms with Crippen molar-refractivity contribution in [1.82, 2.24) is 67.7 Å². The number of carbonyl (C=O) groups is 14. The van der Waals surface area contributed by atoms with Gasteiger partial charge in [-0.2, -0.15) is 0 Å². The number of benzene rings is 2. The Kier molecular flexibility index (Phi) is 32.7. The maximum Gasteiger partial charge on any atom is 0.291 e. The fraction of sp³-hybridized carbons (Fsp3) is 0.329. The van der Waals surface area contributed by atoms with E-state index in [0.717, 1.165) is 41.2 Å². The highest BCUT2D eigenvalue weighted by Gasteiger charge is 2.26. The first-order valence-electron chi connectivity index (χ1n) is 39.5. The molecular formula is C85H101N21O14S2. The van der Waals surface area contributed by atoms with Crippen molar-refractivity contribution in [2.75, 3.05) is 84.0 Å². The summed E-state index contributed by atoms with van der Waals surface area (Å²) in [4.78, 5) is 192. The Morgan fingerprint density at radius 2 is 0.689 bits per heavy atom. The van der Waals surface area contributed by atoms with Gasteiger partial charge < -0.3 is 99.9 Å². The monoisotopic (exact) mass is 1700 g/mol. The van der Waals surface area contributed by atoms with Crippen molar-refractivity contribution >= 4 is 144 Å². The average Bonchev–Trinajstić information content (AvgIpc) is 1.67. The van der Waals surface area contributed by atoms with Crippen molar-refractivity contribution in [3.8, 4) is 0 Å². The molecule has 0 fully saturated rings. The molecule has 37 heteroatoms. The molecule has 2 aromatic carbocycles. The lowest BCUT2D eigenvalue weighted by Gasteiger charge is -2.10. The maximum atomic E-state index is 14.2. The van der Waals surface area contributed by atoms with E-state index in [0.29, 0.717) is 54.3 Å². The number of carbonyl (C=O) groups excluding carboxylic acids is 14. The number of nitrogens with zero attached hydrogens (tertiary/aromatic N) is 10. The summed E-state index contributed by atoms with van der Waals surface area (Å²) in [6.07, 6.45) is 16.3. The molecule has 0 unspecified atom stereocenters. The first-order chi connectivity index (χ1) is 58.5. The van der Waals surface area contributed by atoms with Crippen LogP contribution in [0.2, 0.25) is 0 Å². The molecule has 0 atom stereocenters. The zero-order valence-electron chi connectivity index (χ0n) is 69.2. The highest BCUT2D eigenvalue weighted by atomic mass is 32.2. The van der Waals surface area contributed by atoms with Gasteiger partial charge in [-0.15, -0.1) is 0 Å². The van der Waals surface area contributed by atoms with E-state index >= 15 is 0 Å². The van der Waals surface area contributed by atoms with E-state index in [1.165, 1.54) is 73.1 Å². The summed E-state index contributed by atoms with van der Waals surface area (Å²) in [5.74, 6) is -4.17. The molecule has 0 bridgehead atoms. The van der Waals surface area contributed by atoms with E-state index in [4.69, 9.17) is 0 Å². The second-order valence-corrected chi connectivity index (χ2v) is 31.4. The van der Waals surface area contributed by atoms with Gasteiger partial charge in [0.05, 0.1) is 39.8 Å². The van der Waals surface area contributed by atoms with Crippen LogP contribution in [-0.2, 0) is 95.6 Å². The standard InChI is InChI=1S/C85H101N21O14S2/c1-98(2)35-16-23-64(107)29-33-90-79(114)66-41-59(48-101(66)5)94-84(119)71-44-62(51-105(71)36-17-31-86-72(108)25-27-75(111)121-53-55-19-11-9-12-20-55)95-81(116)68-42-60(49-103(68)7)92-80(115)67-39-57(46-102(67)6)91-74(110)24-15-30-89-78(113)65-40-58(47-100(65)4)93-83(118)70-45-63(96-82(117)69-43-61(50-104(69)8)97-85(120)77-88-34-38-99(77)3)52-106(70)37-18-32-87-73(109)26-28-76(112)122-54-56-21-13-10-14-22-56/h9-14,19-22,34,38-52H,15-18,23-33,35-37,53-54H2,1-8H3,(H,86,108)(H,87,109)(H,89,113)(H,90,114)(H,91,110)(H,92,115)(H,93,118)(H,94,119)(H,95,116)(H,96,117)(H,97,120).